The normalized spacial score (nSPS) is 11.4. The highest BCUT2D eigenvalue weighted by atomic mass is 32.2. The molecule has 0 aliphatic rings. The number of nitrogens with zero attached hydrogens (tertiary/aromatic N) is 2. The molecule has 0 bridgehead atoms. The van der Waals surface area contributed by atoms with E-state index in [2.05, 4.69) is 15.6 Å². The Balaban J connectivity index is 2.51. The van der Waals surface area contributed by atoms with Crippen LogP contribution in [0, 0.1) is 11.7 Å². The lowest BCUT2D eigenvalue weighted by atomic mass is 10.3. The van der Waals surface area contributed by atoms with Gasteiger partial charge in [0.1, 0.15) is 10.7 Å². The topological polar surface area (TPSA) is 100 Å². The van der Waals surface area contributed by atoms with Crippen LogP contribution in [-0.4, -0.2) is 27.8 Å². The first kappa shape index (κ1) is 12.7. The summed E-state index contributed by atoms with van der Waals surface area (Å²) in [5, 5.41) is 6.43. The summed E-state index contributed by atoms with van der Waals surface area (Å²) in [4.78, 5) is -0.229. The molecule has 0 amide bonds. The second-order valence-electron chi connectivity index (χ2n) is 3.49. The first-order chi connectivity index (χ1) is 8.39. The molecule has 0 radical (unpaired) electrons. The first-order valence-electron chi connectivity index (χ1n) is 4.87. The number of aryl methyl sites for hydroxylation is 1. The van der Waals surface area contributed by atoms with E-state index in [0.29, 0.717) is 5.82 Å². The minimum atomic E-state index is -4.30. The van der Waals surface area contributed by atoms with Gasteiger partial charge in [0.2, 0.25) is 4.77 Å². The number of aromatic amines is 1. The number of nitrogens with one attached hydrogen (secondary N) is 2. The molecule has 0 fully saturated rings. The van der Waals surface area contributed by atoms with Crippen molar-refractivity contribution in [3.63, 3.8) is 0 Å². The zero-order valence-electron chi connectivity index (χ0n) is 9.28. The van der Waals surface area contributed by atoms with Gasteiger partial charge in [-0.25, -0.2) is 4.68 Å². The van der Waals surface area contributed by atoms with Gasteiger partial charge in [0.25, 0.3) is 10.1 Å². The Bertz CT molecular complexity index is 732. The number of para-hydroxylation sites is 1. The highest BCUT2D eigenvalue weighted by Crippen LogP contribution is 2.20. The van der Waals surface area contributed by atoms with Gasteiger partial charge in [-0.05, 0) is 31.3 Å². The smallest absolute Gasteiger partial charge is 0.289 e. The van der Waals surface area contributed by atoms with E-state index in [1.54, 1.807) is 13.0 Å². The van der Waals surface area contributed by atoms with Crippen LogP contribution in [0.25, 0.3) is 0 Å². The average molecular weight is 286 g/mol. The predicted molar refractivity (Wildman–Crippen MR) is 67.4 cm³/mol. The van der Waals surface area contributed by atoms with Crippen LogP contribution in [0.1, 0.15) is 5.82 Å². The Morgan fingerprint density at radius 3 is 2.67 bits per heavy atom. The number of rotatable bonds is 3. The summed E-state index contributed by atoms with van der Waals surface area (Å²) in [5.41, 5.74) is 2.98. The van der Waals surface area contributed by atoms with Crippen molar-refractivity contribution < 1.29 is 13.0 Å². The molecule has 9 heteroatoms. The molecular formula is C9H10N4O3S2. The van der Waals surface area contributed by atoms with Crippen molar-refractivity contribution in [2.45, 2.75) is 11.8 Å². The van der Waals surface area contributed by atoms with Gasteiger partial charge in [0.15, 0.2) is 0 Å². The molecule has 1 aromatic carbocycles. The monoisotopic (exact) mass is 286 g/mol. The predicted octanol–water partition coefficient (Wildman–Crippen LogP) is 1.37. The van der Waals surface area contributed by atoms with Crippen LogP contribution in [-0.2, 0) is 10.1 Å². The van der Waals surface area contributed by atoms with Crippen molar-refractivity contribution in [2.75, 3.05) is 5.43 Å². The van der Waals surface area contributed by atoms with E-state index >= 15 is 0 Å². The third-order valence-electron chi connectivity index (χ3n) is 2.24. The number of H-pyrrole nitrogens is 1. The third-order valence-corrected chi connectivity index (χ3v) is 3.42. The van der Waals surface area contributed by atoms with Gasteiger partial charge in [0, 0.05) is 0 Å². The van der Waals surface area contributed by atoms with Crippen molar-refractivity contribution in [3.05, 3.63) is 34.9 Å². The average Bonchev–Trinajstić information content (AvgIpc) is 2.60. The van der Waals surface area contributed by atoms with Crippen molar-refractivity contribution in [3.8, 4) is 0 Å². The van der Waals surface area contributed by atoms with E-state index in [1.165, 1.54) is 22.9 Å². The summed E-state index contributed by atoms with van der Waals surface area (Å²) >= 11 is 4.98. The molecule has 18 heavy (non-hydrogen) atoms. The van der Waals surface area contributed by atoms with Crippen LogP contribution in [0.15, 0.2) is 29.2 Å². The highest BCUT2D eigenvalue weighted by molar-refractivity contribution is 7.86. The van der Waals surface area contributed by atoms with E-state index in [1.807, 2.05) is 0 Å². The maximum Gasteiger partial charge on any atom is 0.296 e. The maximum atomic E-state index is 11.2. The molecule has 0 unspecified atom stereocenters. The molecule has 1 heterocycles. The quantitative estimate of drug-likeness (QED) is 0.582. The first-order valence-corrected chi connectivity index (χ1v) is 6.72. The molecule has 0 aliphatic heterocycles. The van der Waals surface area contributed by atoms with Gasteiger partial charge in [-0.2, -0.15) is 13.5 Å². The van der Waals surface area contributed by atoms with Crippen molar-refractivity contribution in [1.82, 2.24) is 14.9 Å². The Morgan fingerprint density at radius 2 is 2.11 bits per heavy atom. The minimum Gasteiger partial charge on any atom is -0.289 e. The number of hydrogen-bond donors (Lipinski definition) is 3. The van der Waals surface area contributed by atoms with Gasteiger partial charge in [-0.15, -0.1) is 0 Å². The summed E-state index contributed by atoms with van der Waals surface area (Å²) in [6.45, 7) is 1.69. The molecule has 0 saturated carbocycles. The number of anilines is 1. The molecule has 7 nitrogen and oxygen atoms in total. The fourth-order valence-electron chi connectivity index (χ4n) is 1.41. The van der Waals surface area contributed by atoms with E-state index in [9.17, 15) is 8.42 Å². The minimum absolute atomic E-state index is 0.209. The zero-order chi connectivity index (χ0) is 13.3. The van der Waals surface area contributed by atoms with Crippen LogP contribution in [0.2, 0.25) is 0 Å². The second kappa shape index (κ2) is 4.52. The standard InChI is InChI=1S/C9H10N4O3S2/c1-6-10-11-9(17)13(6)12-7-4-2-3-5-8(7)18(14,15)16/h2-5,12H,1H3,(H,11,17)(H,14,15,16). The molecule has 3 N–H and O–H groups in total. The molecule has 1 aromatic heterocycles. The third kappa shape index (κ3) is 2.42. The van der Waals surface area contributed by atoms with Crippen LogP contribution < -0.4 is 5.43 Å². The van der Waals surface area contributed by atoms with Gasteiger partial charge >= 0.3 is 0 Å². The van der Waals surface area contributed by atoms with Gasteiger partial charge in [-0.3, -0.25) is 15.1 Å². The summed E-state index contributed by atoms with van der Waals surface area (Å²) in [5.74, 6) is 0.533. The lowest BCUT2D eigenvalue weighted by Crippen LogP contribution is -2.14. The largest absolute Gasteiger partial charge is 0.296 e. The van der Waals surface area contributed by atoms with Crippen molar-refractivity contribution in [1.29, 1.82) is 0 Å². The van der Waals surface area contributed by atoms with Crippen LogP contribution in [0.3, 0.4) is 0 Å². The van der Waals surface area contributed by atoms with Crippen molar-refractivity contribution in [2.24, 2.45) is 0 Å². The van der Waals surface area contributed by atoms with Crippen LogP contribution in [0.5, 0.6) is 0 Å². The van der Waals surface area contributed by atoms with Gasteiger partial charge in [-0.1, -0.05) is 12.1 Å². The highest BCUT2D eigenvalue weighted by Gasteiger charge is 2.15. The van der Waals surface area contributed by atoms with E-state index < -0.39 is 10.1 Å². The van der Waals surface area contributed by atoms with E-state index in [0.717, 1.165) is 0 Å². The number of hydrogen-bond acceptors (Lipinski definition) is 5. The summed E-state index contributed by atoms with van der Waals surface area (Å²) in [6, 6.07) is 5.94. The lowest BCUT2D eigenvalue weighted by Gasteiger charge is -2.11. The fourth-order valence-corrected chi connectivity index (χ4v) is 2.28. The van der Waals surface area contributed by atoms with Gasteiger partial charge < -0.3 is 0 Å². The molecule has 0 aliphatic carbocycles. The SMILES string of the molecule is Cc1n[nH]c(=S)n1Nc1ccccc1S(=O)(=O)O. The molecule has 0 spiro atoms. The molecule has 96 valence electrons. The van der Waals surface area contributed by atoms with Crippen molar-refractivity contribution >= 4 is 28.0 Å². The summed E-state index contributed by atoms with van der Waals surface area (Å²) < 4.78 is 33.2. The summed E-state index contributed by atoms with van der Waals surface area (Å²) in [6.07, 6.45) is 0. The molecule has 2 aromatic rings. The zero-order valence-corrected chi connectivity index (χ0v) is 10.9. The molecular weight excluding hydrogens is 276 g/mol. The van der Waals surface area contributed by atoms with Crippen LogP contribution in [0.4, 0.5) is 5.69 Å². The van der Waals surface area contributed by atoms with Gasteiger partial charge in [0.05, 0.1) is 5.69 Å². The number of aromatic nitrogens is 3. The Labute approximate surface area is 108 Å². The molecule has 0 saturated heterocycles. The Kier molecular flexibility index (Phi) is 3.20. The molecule has 0 atom stereocenters. The molecule has 2 rings (SSSR count). The Morgan fingerprint density at radius 1 is 1.44 bits per heavy atom. The fraction of sp³-hybridized carbons (Fsp3) is 0.111. The lowest BCUT2D eigenvalue weighted by molar-refractivity contribution is 0.483. The van der Waals surface area contributed by atoms with E-state index in [-0.39, 0.29) is 15.4 Å². The van der Waals surface area contributed by atoms with Crippen LogP contribution >= 0.6 is 12.2 Å². The van der Waals surface area contributed by atoms with E-state index in [4.69, 9.17) is 16.8 Å². The Hall–Kier alpha value is -1.71. The second-order valence-corrected chi connectivity index (χ2v) is 5.27. The summed E-state index contributed by atoms with van der Waals surface area (Å²) in [7, 11) is -4.30. The maximum absolute atomic E-state index is 11.2. The number of benzene rings is 1.